The number of aliphatic hydroxyl groups is 1. The molecule has 5 nitrogen and oxygen atoms in total. The van der Waals surface area contributed by atoms with E-state index in [2.05, 4.69) is 10.6 Å². The number of anilines is 1. The molecule has 1 aromatic carbocycles. The van der Waals surface area contributed by atoms with Gasteiger partial charge in [0.25, 0.3) is 11.8 Å². The van der Waals surface area contributed by atoms with Crippen LogP contribution in [0.15, 0.2) is 41.8 Å². The lowest BCUT2D eigenvalue weighted by atomic mass is 10.1. The van der Waals surface area contributed by atoms with Crippen molar-refractivity contribution in [2.24, 2.45) is 0 Å². The molecule has 0 bridgehead atoms. The topological polar surface area (TPSA) is 78.4 Å². The van der Waals surface area contributed by atoms with E-state index in [0.29, 0.717) is 22.5 Å². The first kappa shape index (κ1) is 17.2. The Morgan fingerprint density at radius 1 is 1.22 bits per heavy atom. The minimum Gasteiger partial charge on any atom is -0.396 e. The molecule has 0 aliphatic heterocycles. The maximum absolute atomic E-state index is 12.3. The van der Waals surface area contributed by atoms with Crippen molar-refractivity contribution < 1.29 is 14.7 Å². The van der Waals surface area contributed by atoms with Gasteiger partial charge in [0.15, 0.2) is 0 Å². The van der Waals surface area contributed by atoms with Crippen molar-refractivity contribution in [3.05, 3.63) is 52.2 Å². The van der Waals surface area contributed by atoms with Crippen LogP contribution in [-0.4, -0.2) is 29.6 Å². The SMILES string of the molecule is CCC(CCO)NC(=O)c1cccc(NC(=O)c2cccs2)c1. The van der Waals surface area contributed by atoms with Gasteiger partial charge in [0.2, 0.25) is 0 Å². The fourth-order valence-electron chi connectivity index (χ4n) is 2.14. The van der Waals surface area contributed by atoms with Crippen molar-refractivity contribution >= 4 is 28.8 Å². The van der Waals surface area contributed by atoms with Gasteiger partial charge in [-0.25, -0.2) is 0 Å². The Balaban J connectivity index is 2.04. The molecule has 6 heteroatoms. The molecule has 1 aromatic heterocycles. The molecule has 0 aliphatic rings. The van der Waals surface area contributed by atoms with Crippen molar-refractivity contribution in [2.75, 3.05) is 11.9 Å². The first-order valence-corrected chi connectivity index (χ1v) is 8.38. The van der Waals surface area contributed by atoms with Crippen LogP contribution >= 0.6 is 11.3 Å². The highest BCUT2D eigenvalue weighted by Crippen LogP contribution is 2.15. The fraction of sp³-hybridized carbons (Fsp3) is 0.294. The summed E-state index contributed by atoms with van der Waals surface area (Å²) in [5.41, 5.74) is 1.05. The van der Waals surface area contributed by atoms with Crippen molar-refractivity contribution in [1.29, 1.82) is 0 Å². The molecule has 1 unspecified atom stereocenters. The molecule has 0 spiro atoms. The third-order valence-corrected chi connectivity index (χ3v) is 4.30. The number of carbonyl (C=O) groups is 2. The number of benzene rings is 1. The summed E-state index contributed by atoms with van der Waals surface area (Å²) < 4.78 is 0. The highest BCUT2D eigenvalue weighted by Gasteiger charge is 2.13. The Kier molecular flexibility index (Phi) is 6.31. The van der Waals surface area contributed by atoms with Crippen LogP contribution in [0.1, 0.15) is 39.8 Å². The third kappa shape index (κ3) is 4.91. The smallest absolute Gasteiger partial charge is 0.265 e. The van der Waals surface area contributed by atoms with Gasteiger partial charge in [0.05, 0.1) is 4.88 Å². The minimum atomic E-state index is -0.211. The number of hydrogen-bond acceptors (Lipinski definition) is 4. The van der Waals surface area contributed by atoms with Gasteiger partial charge < -0.3 is 15.7 Å². The van der Waals surface area contributed by atoms with Gasteiger partial charge in [-0.05, 0) is 42.5 Å². The third-order valence-electron chi connectivity index (χ3n) is 3.43. The van der Waals surface area contributed by atoms with E-state index in [0.717, 1.165) is 6.42 Å². The second kappa shape index (κ2) is 8.45. The van der Waals surface area contributed by atoms with Crippen LogP contribution in [0.2, 0.25) is 0 Å². The van der Waals surface area contributed by atoms with E-state index in [-0.39, 0.29) is 24.5 Å². The summed E-state index contributed by atoms with van der Waals surface area (Å²) in [5.74, 6) is -0.401. The summed E-state index contributed by atoms with van der Waals surface area (Å²) in [6.45, 7) is 1.99. The van der Waals surface area contributed by atoms with Crippen molar-refractivity contribution in [3.63, 3.8) is 0 Å². The highest BCUT2D eigenvalue weighted by atomic mass is 32.1. The van der Waals surface area contributed by atoms with Gasteiger partial charge in [-0.3, -0.25) is 9.59 Å². The Hall–Kier alpha value is -2.18. The normalized spacial score (nSPS) is 11.7. The average Bonchev–Trinajstić information content (AvgIpc) is 3.09. The molecule has 1 heterocycles. The number of nitrogens with one attached hydrogen (secondary N) is 2. The van der Waals surface area contributed by atoms with Gasteiger partial charge in [0, 0.05) is 23.9 Å². The van der Waals surface area contributed by atoms with Gasteiger partial charge in [-0.1, -0.05) is 19.1 Å². The van der Waals surface area contributed by atoms with Crippen LogP contribution in [-0.2, 0) is 0 Å². The van der Waals surface area contributed by atoms with E-state index in [4.69, 9.17) is 5.11 Å². The van der Waals surface area contributed by atoms with Crippen LogP contribution in [0.5, 0.6) is 0 Å². The number of amides is 2. The standard InChI is InChI=1S/C17H20N2O3S/c1-2-13(8-9-20)18-16(21)12-5-3-6-14(11-12)19-17(22)15-7-4-10-23-15/h3-7,10-11,13,20H,2,8-9H2,1H3,(H,18,21)(H,19,22). The first-order valence-electron chi connectivity index (χ1n) is 7.50. The summed E-state index contributed by atoms with van der Waals surface area (Å²) in [5, 5.41) is 16.5. The molecule has 0 radical (unpaired) electrons. The van der Waals surface area contributed by atoms with Crippen LogP contribution in [0.4, 0.5) is 5.69 Å². The number of aliphatic hydroxyl groups excluding tert-OH is 1. The van der Waals surface area contributed by atoms with Gasteiger partial charge >= 0.3 is 0 Å². The van der Waals surface area contributed by atoms with Crippen molar-refractivity contribution in [3.8, 4) is 0 Å². The van der Waals surface area contributed by atoms with Crippen LogP contribution in [0.25, 0.3) is 0 Å². The van der Waals surface area contributed by atoms with E-state index in [1.165, 1.54) is 11.3 Å². The largest absolute Gasteiger partial charge is 0.396 e. The zero-order valence-electron chi connectivity index (χ0n) is 12.9. The molecule has 0 saturated carbocycles. The Morgan fingerprint density at radius 2 is 2.04 bits per heavy atom. The number of thiophene rings is 1. The van der Waals surface area contributed by atoms with Crippen LogP contribution < -0.4 is 10.6 Å². The lowest BCUT2D eigenvalue weighted by Gasteiger charge is -2.16. The summed E-state index contributed by atoms with van der Waals surface area (Å²) in [6, 6.07) is 10.3. The van der Waals surface area contributed by atoms with Crippen molar-refractivity contribution in [2.45, 2.75) is 25.8 Å². The molecule has 2 rings (SSSR count). The molecule has 0 fully saturated rings. The number of carbonyl (C=O) groups excluding carboxylic acids is 2. The van der Waals surface area contributed by atoms with Gasteiger partial charge in [-0.15, -0.1) is 11.3 Å². The molecule has 2 amide bonds. The number of rotatable bonds is 7. The van der Waals surface area contributed by atoms with Crippen LogP contribution in [0.3, 0.4) is 0 Å². The molecule has 2 aromatic rings. The van der Waals surface area contributed by atoms with E-state index in [1.807, 2.05) is 18.4 Å². The summed E-state index contributed by atoms with van der Waals surface area (Å²) in [4.78, 5) is 24.9. The zero-order chi connectivity index (χ0) is 16.7. The Labute approximate surface area is 139 Å². The molecule has 122 valence electrons. The lowest BCUT2D eigenvalue weighted by Crippen LogP contribution is -2.35. The molecule has 1 atom stereocenters. The Morgan fingerprint density at radius 3 is 2.70 bits per heavy atom. The predicted molar refractivity (Wildman–Crippen MR) is 92.0 cm³/mol. The van der Waals surface area contributed by atoms with E-state index >= 15 is 0 Å². The van der Waals surface area contributed by atoms with E-state index in [9.17, 15) is 9.59 Å². The quantitative estimate of drug-likeness (QED) is 0.729. The second-order valence-electron chi connectivity index (χ2n) is 5.10. The first-order chi connectivity index (χ1) is 11.1. The maximum Gasteiger partial charge on any atom is 0.265 e. The summed E-state index contributed by atoms with van der Waals surface area (Å²) in [7, 11) is 0. The maximum atomic E-state index is 12.3. The van der Waals surface area contributed by atoms with Crippen molar-refractivity contribution in [1.82, 2.24) is 5.32 Å². The molecule has 3 N–H and O–H groups in total. The summed E-state index contributed by atoms with van der Waals surface area (Å²) >= 11 is 1.36. The fourth-order valence-corrected chi connectivity index (χ4v) is 2.76. The number of hydrogen-bond donors (Lipinski definition) is 3. The summed E-state index contributed by atoms with van der Waals surface area (Å²) in [6.07, 6.45) is 1.28. The molecular formula is C17H20N2O3S. The van der Waals surface area contributed by atoms with Gasteiger partial charge in [-0.2, -0.15) is 0 Å². The molecule has 0 saturated heterocycles. The predicted octanol–water partition coefficient (Wildman–Crippen LogP) is 2.89. The molecule has 0 aliphatic carbocycles. The van der Waals surface area contributed by atoms with Gasteiger partial charge in [0.1, 0.15) is 0 Å². The molecule has 23 heavy (non-hydrogen) atoms. The monoisotopic (exact) mass is 332 g/mol. The van der Waals surface area contributed by atoms with Crippen LogP contribution in [0, 0.1) is 0 Å². The van der Waals surface area contributed by atoms with E-state index < -0.39 is 0 Å². The zero-order valence-corrected chi connectivity index (χ0v) is 13.7. The minimum absolute atomic E-state index is 0.0374. The molecular weight excluding hydrogens is 312 g/mol. The van der Waals surface area contributed by atoms with E-state index in [1.54, 1.807) is 30.3 Å². The lowest BCUT2D eigenvalue weighted by molar-refractivity contribution is 0.0928. The highest BCUT2D eigenvalue weighted by molar-refractivity contribution is 7.12. The second-order valence-corrected chi connectivity index (χ2v) is 6.05. The Bertz CT molecular complexity index is 656. The average molecular weight is 332 g/mol.